The zero-order valence-corrected chi connectivity index (χ0v) is 18.3. The zero-order valence-electron chi connectivity index (χ0n) is 18.3. The van der Waals surface area contributed by atoms with E-state index < -0.39 is 51.6 Å². The molecule has 0 radical (unpaired) electrons. The van der Waals surface area contributed by atoms with Gasteiger partial charge in [0, 0.05) is 28.8 Å². The van der Waals surface area contributed by atoms with E-state index in [2.05, 4.69) is 0 Å². The minimum atomic E-state index is -2.69. The van der Waals surface area contributed by atoms with Gasteiger partial charge in [0.2, 0.25) is 0 Å². The molecule has 1 spiro atoms. The molecule has 2 aliphatic rings. The second kappa shape index (κ2) is 7.22. The van der Waals surface area contributed by atoms with Crippen molar-refractivity contribution in [3.63, 3.8) is 0 Å². The minimum Gasteiger partial charge on any atom is -0.508 e. The average Bonchev–Trinajstić information content (AvgIpc) is 3.09. The van der Waals surface area contributed by atoms with Crippen LogP contribution in [0.5, 0.6) is 23.0 Å². The van der Waals surface area contributed by atoms with Gasteiger partial charge in [0.05, 0.1) is 11.1 Å². The number of carboxylic acid groups (broad SMARTS) is 3. The van der Waals surface area contributed by atoms with Crippen molar-refractivity contribution in [3.05, 3.63) is 81.9 Å². The summed E-state index contributed by atoms with van der Waals surface area (Å²) in [6.45, 7) is 0.826. The molecule has 0 amide bonds. The Hall–Kier alpha value is -5.06. The maximum Gasteiger partial charge on any atom is 0.341 e. The number of hydrogen-bond acceptors (Lipinski definition) is 8. The zero-order chi connectivity index (χ0) is 26.2. The molecular weight excluding hydrogens is 476 g/mol. The molecule has 3 aromatic carbocycles. The molecule has 0 saturated heterocycles. The molecule has 5 rings (SSSR count). The van der Waals surface area contributed by atoms with Crippen molar-refractivity contribution in [1.82, 2.24) is 0 Å². The summed E-state index contributed by atoms with van der Waals surface area (Å²) in [4.78, 5) is 49.6. The molecule has 0 atom stereocenters. The summed E-state index contributed by atoms with van der Waals surface area (Å²) in [5.74, 6) is -6.78. The molecule has 182 valence electrons. The first kappa shape index (κ1) is 22.7. The predicted octanol–water partition coefficient (Wildman–Crippen LogP) is 2.79. The molecule has 0 unspecified atom stereocenters. The summed E-state index contributed by atoms with van der Waals surface area (Å²) in [7, 11) is 0. The van der Waals surface area contributed by atoms with Crippen molar-refractivity contribution in [3.8, 4) is 23.0 Å². The van der Waals surface area contributed by atoms with E-state index in [4.69, 9.17) is 9.47 Å². The topological polar surface area (TPSA) is 188 Å². The van der Waals surface area contributed by atoms with E-state index in [0.29, 0.717) is 0 Å². The van der Waals surface area contributed by atoms with Crippen molar-refractivity contribution >= 4 is 23.9 Å². The number of hydrogen-bond donors (Lipinski definition) is 5. The van der Waals surface area contributed by atoms with Gasteiger partial charge in [-0.3, -0.25) is 9.59 Å². The summed E-state index contributed by atoms with van der Waals surface area (Å²) in [5, 5.41) is 49.4. The van der Waals surface area contributed by atoms with Gasteiger partial charge in [0.15, 0.2) is 11.0 Å². The number of aliphatic carboxylic acids is 2. The Labute approximate surface area is 201 Å². The lowest BCUT2D eigenvalue weighted by molar-refractivity contribution is -0.156. The van der Waals surface area contributed by atoms with E-state index in [0.717, 1.165) is 13.0 Å². The van der Waals surface area contributed by atoms with Crippen molar-refractivity contribution in [2.75, 3.05) is 0 Å². The monoisotopic (exact) mass is 492 g/mol. The Kier molecular flexibility index (Phi) is 4.56. The van der Waals surface area contributed by atoms with Gasteiger partial charge in [-0.2, -0.15) is 0 Å². The van der Waals surface area contributed by atoms with Gasteiger partial charge in [-0.25, -0.2) is 9.59 Å². The smallest absolute Gasteiger partial charge is 0.341 e. The second-order valence-electron chi connectivity index (χ2n) is 8.48. The molecule has 36 heavy (non-hydrogen) atoms. The van der Waals surface area contributed by atoms with E-state index >= 15 is 0 Å². The fourth-order valence-corrected chi connectivity index (χ4v) is 4.75. The van der Waals surface area contributed by atoms with Crippen molar-refractivity contribution in [1.29, 1.82) is 0 Å². The molecule has 5 N–H and O–H groups in total. The summed E-state index contributed by atoms with van der Waals surface area (Å²) in [6, 6.07) is 10.2. The predicted molar refractivity (Wildman–Crippen MR) is 118 cm³/mol. The van der Waals surface area contributed by atoms with Crippen molar-refractivity contribution < 1.29 is 54.2 Å². The van der Waals surface area contributed by atoms with E-state index in [1.807, 2.05) is 0 Å². The highest BCUT2D eigenvalue weighted by molar-refractivity contribution is 6.12. The normalized spacial score (nSPS) is 14.8. The molecule has 0 aromatic heterocycles. The Morgan fingerprint density at radius 2 is 1.31 bits per heavy atom. The van der Waals surface area contributed by atoms with Crippen LogP contribution in [0.1, 0.15) is 49.9 Å². The lowest BCUT2D eigenvalue weighted by atomic mass is 9.73. The number of carbonyl (C=O) groups is 4. The number of carboxylic acids is 3. The van der Waals surface area contributed by atoms with E-state index in [1.54, 1.807) is 0 Å². The van der Waals surface area contributed by atoms with Crippen LogP contribution in [0.3, 0.4) is 0 Å². The van der Waals surface area contributed by atoms with Crippen LogP contribution in [0.4, 0.5) is 0 Å². The molecule has 2 heterocycles. The number of carbonyl (C=O) groups excluding carboxylic acids is 1. The van der Waals surface area contributed by atoms with Crippen LogP contribution in [-0.4, -0.2) is 49.4 Å². The molecule has 2 aliphatic heterocycles. The summed E-state index contributed by atoms with van der Waals surface area (Å²) in [5.41, 5.74) is -6.03. The minimum absolute atomic E-state index is 0.00560. The third kappa shape index (κ3) is 2.73. The molecule has 11 nitrogen and oxygen atoms in total. The molecule has 0 fully saturated rings. The first-order chi connectivity index (χ1) is 16.9. The largest absolute Gasteiger partial charge is 0.508 e. The number of ether oxygens (including phenoxy) is 2. The highest BCUT2D eigenvalue weighted by Crippen LogP contribution is 2.57. The number of aromatic hydroxyl groups is 2. The molecule has 0 saturated carbocycles. The molecule has 3 aromatic rings. The van der Waals surface area contributed by atoms with Gasteiger partial charge in [-0.15, -0.1) is 0 Å². The van der Waals surface area contributed by atoms with E-state index in [-0.39, 0.29) is 39.7 Å². The second-order valence-corrected chi connectivity index (χ2v) is 8.48. The highest BCUT2D eigenvalue weighted by Gasteiger charge is 2.57. The van der Waals surface area contributed by atoms with Crippen molar-refractivity contribution in [2.24, 2.45) is 0 Å². The summed E-state index contributed by atoms with van der Waals surface area (Å²) >= 11 is 0. The number of phenols is 2. The van der Waals surface area contributed by atoms with Crippen LogP contribution in [0.25, 0.3) is 0 Å². The fourth-order valence-electron chi connectivity index (χ4n) is 4.75. The van der Waals surface area contributed by atoms with Gasteiger partial charge >= 0.3 is 23.9 Å². The Morgan fingerprint density at radius 3 is 1.78 bits per heavy atom. The van der Waals surface area contributed by atoms with Crippen LogP contribution in [0.15, 0.2) is 48.5 Å². The number of benzene rings is 3. The van der Waals surface area contributed by atoms with Crippen LogP contribution < -0.4 is 4.74 Å². The Morgan fingerprint density at radius 1 is 0.806 bits per heavy atom. The van der Waals surface area contributed by atoms with Crippen LogP contribution >= 0.6 is 0 Å². The van der Waals surface area contributed by atoms with Gasteiger partial charge < -0.3 is 35.0 Å². The standard InChI is InChI=1S/C25H16O11/c1-24(22(31)32,23(33)34)14-6-7-15-19(18(14)20(28)29)21(30)36-25(15)12-4-2-10(26)8-16(12)35-17-9-11(27)3-5-13(17)25/h2-9,26-27H,1H3,(H,28,29)(H,31,32)(H,33,34). The lowest BCUT2D eigenvalue weighted by Crippen LogP contribution is -2.42. The van der Waals surface area contributed by atoms with Gasteiger partial charge in [-0.05, 0) is 36.8 Å². The molecular formula is C25H16O11. The van der Waals surface area contributed by atoms with Gasteiger partial charge in [0.25, 0.3) is 0 Å². The first-order valence-electron chi connectivity index (χ1n) is 10.4. The van der Waals surface area contributed by atoms with Gasteiger partial charge in [0.1, 0.15) is 23.0 Å². The third-order valence-electron chi connectivity index (χ3n) is 6.55. The average molecular weight is 492 g/mol. The number of aromatic carboxylic acids is 1. The summed E-state index contributed by atoms with van der Waals surface area (Å²) in [6.07, 6.45) is 0. The van der Waals surface area contributed by atoms with E-state index in [9.17, 15) is 44.7 Å². The Balaban J connectivity index is 1.91. The Bertz CT molecular complexity index is 1470. The lowest BCUT2D eigenvalue weighted by Gasteiger charge is -2.36. The van der Waals surface area contributed by atoms with Crippen LogP contribution in [-0.2, 0) is 25.3 Å². The SMILES string of the molecule is CC(C(=O)O)(C(=O)O)c1ccc2c(c1C(=O)O)C(=O)OC21c2ccc(O)cc2Oc2cc(O)ccc21. The van der Waals surface area contributed by atoms with Crippen LogP contribution in [0.2, 0.25) is 0 Å². The van der Waals surface area contributed by atoms with Crippen LogP contribution in [0, 0.1) is 0 Å². The first-order valence-corrected chi connectivity index (χ1v) is 10.4. The van der Waals surface area contributed by atoms with Crippen molar-refractivity contribution in [2.45, 2.75) is 17.9 Å². The number of rotatable bonds is 4. The maximum atomic E-state index is 13.3. The number of fused-ring (bicyclic) bond motifs is 6. The molecule has 0 bridgehead atoms. The summed E-state index contributed by atoms with van der Waals surface area (Å²) < 4.78 is 11.6. The maximum absolute atomic E-state index is 13.3. The fraction of sp³-hybridized carbons (Fsp3) is 0.120. The third-order valence-corrected chi connectivity index (χ3v) is 6.55. The van der Waals surface area contributed by atoms with Gasteiger partial charge in [-0.1, -0.05) is 12.1 Å². The molecule has 0 aliphatic carbocycles. The number of esters is 1. The quantitative estimate of drug-likeness (QED) is 0.266. The highest BCUT2D eigenvalue weighted by atomic mass is 16.6. The number of phenolic OH excluding ortho intramolecular Hbond substituents is 2. The molecule has 11 heteroatoms. The van der Waals surface area contributed by atoms with E-state index in [1.165, 1.54) is 42.5 Å².